The first-order valence-corrected chi connectivity index (χ1v) is 19.0. The predicted molar refractivity (Wildman–Crippen MR) is 202 cm³/mol. The summed E-state index contributed by atoms with van der Waals surface area (Å²) in [5, 5.41) is 0. The SMILES string of the molecule is CCCCc1ccc2c(c1)-c1cc3c(cc1-c1ccccc1-c1ccccc1-2)C(C)(CC)C(C)(CC)[n+]1cc2c(cc1-3)C1CCC2CC1. The van der Waals surface area contributed by atoms with E-state index in [1.54, 1.807) is 11.1 Å². The van der Waals surface area contributed by atoms with E-state index in [9.17, 15) is 0 Å². The van der Waals surface area contributed by atoms with E-state index >= 15 is 0 Å². The third kappa shape index (κ3) is 4.06. The van der Waals surface area contributed by atoms with E-state index in [0.717, 1.165) is 31.1 Å². The molecule has 0 saturated heterocycles. The lowest BCUT2D eigenvalue weighted by Gasteiger charge is -2.47. The van der Waals surface area contributed by atoms with E-state index in [0.29, 0.717) is 0 Å². The van der Waals surface area contributed by atoms with Crippen LogP contribution in [0, 0.1) is 0 Å². The van der Waals surface area contributed by atoms with Gasteiger partial charge in [-0.15, -0.1) is 0 Å². The number of pyridine rings is 1. The Bertz CT molecular complexity index is 2090. The maximum Gasteiger partial charge on any atom is 0.213 e. The van der Waals surface area contributed by atoms with Gasteiger partial charge in [0.1, 0.15) is 0 Å². The zero-order chi connectivity index (χ0) is 32.8. The zero-order valence-corrected chi connectivity index (χ0v) is 29.6. The molecule has 10 rings (SSSR count). The summed E-state index contributed by atoms with van der Waals surface area (Å²) in [4.78, 5) is 0. The van der Waals surface area contributed by atoms with Crippen LogP contribution in [0.3, 0.4) is 0 Å². The number of fused-ring (bicyclic) bond motifs is 13. The van der Waals surface area contributed by atoms with E-state index in [4.69, 9.17) is 0 Å². The second kappa shape index (κ2) is 11.0. The monoisotopic (exact) mass is 628 g/mol. The van der Waals surface area contributed by atoms with Gasteiger partial charge in [0.2, 0.25) is 5.69 Å². The van der Waals surface area contributed by atoms with Gasteiger partial charge in [0.05, 0.1) is 11.0 Å². The van der Waals surface area contributed by atoms with Crippen LogP contribution in [0.5, 0.6) is 0 Å². The first-order chi connectivity index (χ1) is 23.4. The summed E-state index contributed by atoms with van der Waals surface area (Å²) in [6.07, 6.45) is 13.9. The van der Waals surface area contributed by atoms with Crippen molar-refractivity contribution in [3.05, 3.63) is 113 Å². The van der Waals surface area contributed by atoms with E-state index < -0.39 is 0 Å². The quantitative estimate of drug-likeness (QED) is 0.167. The van der Waals surface area contributed by atoms with Crippen molar-refractivity contribution in [2.75, 3.05) is 0 Å². The molecular formula is C47H50N+. The average Bonchev–Trinajstić information content (AvgIpc) is 3.15. The van der Waals surface area contributed by atoms with Crippen molar-refractivity contribution in [2.24, 2.45) is 0 Å². The largest absolute Gasteiger partial charge is 0.213 e. The maximum absolute atomic E-state index is 2.77. The number of hydrogen-bond acceptors (Lipinski definition) is 0. The molecule has 2 heterocycles. The van der Waals surface area contributed by atoms with Crippen LogP contribution < -0.4 is 4.57 Å². The molecule has 242 valence electrons. The molecule has 4 aromatic carbocycles. The van der Waals surface area contributed by atoms with Crippen molar-refractivity contribution in [2.45, 2.75) is 115 Å². The lowest BCUT2D eigenvalue weighted by Crippen LogP contribution is -2.67. The van der Waals surface area contributed by atoms with Crippen LogP contribution in [-0.4, -0.2) is 0 Å². The van der Waals surface area contributed by atoms with Gasteiger partial charge in [-0.3, -0.25) is 0 Å². The number of aromatic nitrogens is 1. The van der Waals surface area contributed by atoms with Crippen molar-refractivity contribution < 1.29 is 4.57 Å². The Labute approximate surface area is 288 Å². The molecule has 1 heteroatoms. The molecule has 2 unspecified atom stereocenters. The standard InChI is InChI=1S/C47H50N/c1-6-9-14-30-19-24-37-35-17-11-10-15-33(35)34-16-12-13-18-36(34)41-27-44-42(26-40(41)39(37)25-30)45-28-38-31-20-22-32(23-21-31)43(38)29-48(45)47(5,8-3)46(44,4)7-2/h10-13,15-19,24-29,31-32H,6-9,14,20-23H2,1-5H3/q+1. The number of hydrogen-bond donors (Lipinski definition) is 0. The van der Waals surface area contributed by atoms with Crippen molar-refractivity contribution in [3.8, 4) is 55.8 Å². The number of rotatable bonds is 5. The highest BCUT2D eigenvalue weighted by molar-refractivity contribution is 6.04. The molecule has 2 atom stereocenters. The van der Waals surface area contributed by atoms with Gasteiger partial charge >= 0.3 is 0 Å². The van der Waals surface area contributed by atoms with Crippen molar-refractivity contribution >= 4 is 0 Å². The highest BCUT2D eigenvalue weighted by atomic mass is 15.1. The van der Waals surface area contributed by atoms with Crippen LogP contribution in [-0.2, 0) is 17.4 Å². The third-order valence-electron chi connectivity index (χ3n) is 13.8. The van der Waals surface area contributed by atoms with Crippen LogP contribution in [0.25, 0.3) is 55.8 Å². The number of benzene rings is 4. The Morgan fingerprint density at radius 3 is 1.75 bits per heavy atom. The van der Waals surface area contributed by atoms with E-state index in [1.807, 2.05) is 0 Å². The van der Waals surface area contributed by atoms with Gasteiger partial charge in [-0.25, -0.2) is 0 Å². The summed E-state index contributed by atoms with van der Waals surface area (Å²) in [6.45, 7) is 12.3. The Kier molecular flexibility index (Phi) is 6.92. The van der Waals surface area contributed by atoms with Crippen LogP contribution in [0.4, 0.5) is 0 Å². The minimum absolute atomic E-state index is 0.0211. The first kappa shape index (κ1) is 30.1. The molecule has 0 spiro atoms. The average molecular weight is 629 g/mol. The smallest absolute Gasteiger partial charge is 0.192 e. The normalized spacial score (nSPS) is 24.2. The fourth-order valence-electron chi connectivity index (χ4n) is 10.5. The Morgan fingerprint density at radius 2 is 1.15 bits per heavy atom. The summed E-state index contributed by atoms with van der Waals surface area (Å²) in [5.74, 6) is 1.46. The van der Waals surface area contributed by atoms with Gasteiger partial charge in [0, 0.05) is 25.0 Å². The van der Waals surface area contributed by atoms with Crippen molar-refractivity contribution in [1.29, 1.82) is 0 Å². The van der Waals surface area contributed by atoms with Gasteiger partial charge < -0.3 is 0 Å². The summed E-state index contributed by atoms with van der Waals surface area (Å²) >= 11 is 0. The second-order valence-electron chi connectivity index (χ2n) is 15.8. The van der Waals surface area contributed by atoms with Crippen LogP contribution >= 0.6 is 0 Å². The summed E-state index contributed by atoms with van der Waals surface area (Å²) in [5.41, 5.74) is 20.0. The van der Waals surface area contributed by atoms with Crippen LogP contribution in [0.1, 0.15) is 120 Å². The van der Waals surface area contributed by atoms with Gasteiger partial charge in [0.25, 0.3) is 0 Å². The Morgan fingerprint density at radius 1 is 0.583 bits per heavy atom. The van der Waals surface area contributed by atoms with Gasteiger partial charge in [-0.1, -0.05) is 93.9 Å². The molecule has 5 aliphatic rings. The topological polar surface area (TPSA) is 3.88 Å². The minimum Gasteiger partial charge on any atom is -0.192 e. The molecule has 0 amide bonds. The Hall–Kier alpha value is -3.97. The molecule has 1 nitrogen and oxygen atoms in total. The summed E-state index contributed by atoms with van der Waals surface area (Å²) in [6, 6.07) is 33.6. The van der Waals surface area contributed by atoms with Crippen molar-refractivity contribution in [1.82, 2.24) is 0 Å². The number of nitrogens with zero attached hydrogens (tertiary/aromatic N) is 1. The minimum atomic E-state index is -0.0248. The molecule has 1 saturated carbocycles. The molecule has 2 bridgehead atoms. The molecule has 5 aromatic rings. The highest BCUT2D eigenvalue weighted by Crippen LogP contribution is 2.57. The third-order valence-corrected chi connectivity index (χ3v) is 13.8. The summed E-state index contributed by atoms with van der Waals surface area (Å²) in [7, 11) is 0. The van der Waals surface area contributed by atoms with Gasteiger partial charge in [-0.05, 0) is 137 Å². The summed E-state index contributed by atoms with van der Waals surface area (Å²) < 4.78 is 2.77. The number of unbranched alkanes of at least 4 members (excludes halogenated alkanes) is 1. The molecule has 1 aromatic heterocycles. The molecule has 0 radical (unpaired) electrons. The molecule has 1 aliphatic heterocycles. The molecule has 0 N–H and O–H groups in total. The highest BCUT2D eigenvalue weighted by Gasteiger charge is 2.57. The maximum atomic E-state index is 2.77. The van der Waals surface area contributed by atoms with Crippen LogP contribution in [0.2, 0.25) is 0 Å². The first-order valence-electron chi connectivity index (χ1n) is 19.0. The molecule has 4 aliphatic carbocycles. The molecule has 1 fully saturated rings. The van der Waals surface area contributed by atoms with Crippen LogP contribution in [0.15, 0.2) is 91.1 Å². The lowest BCUT2D eigenvalue weighted by atomic mass is 9.59. The number of aryl methyl sites for hydroxylation is 1. The Balaban J connectivity index is 1.41. The van der Waals surface area contributed by atoms with Gasteiger partial charge in [0.15, 0.2) is 11.7 Å². The zero-order valence-electron chi connectivity index (χ0n) is 29.6. The fourth-order valence-corrected chi connectivity index (χ4v) is 10.5. The fraction of sp³-hybridized carbons (Fsp3) is 0.383. The molecule has 48 heavy (non-hydrogen) atoms. The van der Waals surface area contributed by atoms with Crippen molar-refractivity contribution in [3.63, 3.8) is 0 Å². The lowest BCUT2D eigenvalue weighted by molar-refractivity contribution is -0.765. The van der Waals surface area contributed by atoms with E-state index in [1.165, 1.54) is 105 Å². The van der Waals surface area contributed by atoms with Gasteiger partial charge in [-0.2, -0.15) is 4.57 Å². The van der Waals surface area contributed by atoms with E-state index in [-0.39, 0.29) is 11.0 Å². The second-order valence-corrected chi connectivity index (χ2v) is 15.8. The predicted octanol–water partition coefficient (Wildman–Crippen LogP) is 12.5. The molecular weight excluding hydrogens is 579 g/mol. The van der Waals surface area contributed by atoms with E-state index in [2.05, 4.69) is 130 Å².